The van der Waals surface area contributed by atoms with Gasteiger partial charge in [0.25, 0.3) is 5.91 Å². The summed E-state index contributed by atoms with van der Waals surface area (Å²) in [5.41, 5.74) is 0.501. The predicted octanol–water partition coefficient (Wildman–Crippen LogP) is 5.55. The third-order valence-corrected chi connectivity index (χ3v) is 7.83. The molecule has 0 aliphatic carbocycles. The summed E-state index contributed by atoms with van der Waals surface area (Å²) in [6, 6.07) is 19.0. The number of rotatable bonds is 6. The highest BCUT2D eigenvalue weighted by atomic mass is 19.4. The lowest BCUT2D eigenvalue weighted by Gasteiger charge is -2.32. The third kappa shape index (κ3) is 6.02. The molecule has 1 saturated heterocycles. The van der Waals surface area contributed by atoms with Crippen molar-refractivity contribution >= 4 is 17.7 Å². The Bertz CT molecular complexity index is 1380. The number of nitrogens with zero attached hydrogens (tertiary/aromatic N) is 2. The number of alkyl halides is 3. The largest absolute Gasteiger partial charge is 0.497 e. The van der Waals surface area contributed by atoms with Gasteiger partial charge in [0.2, 0.25) is 0 Å². The Hall–Kier alpha value is -4.05. The number of ether oxygens (including phenoxy) is 2. The van der Waals surface area contributed by atoms with E-state index in [4.69, 9.17) is 9.47 Å². The van der Waals surface area contributed by atoms with Crippen molar-refractivity contribution in [2.45, 2.75) is 50.1 Å². The minimum absolute atomic E-state index is 0.0677. The number of hydrogen-bond donors (Lipinski definition) is 1. The summed E-state index contributed by atoms with van der Waals surface area (Å²) in [4.78, 5) is 29.5. The molecule has 3 atom stereocenters. The molecule has 0 saturated carbocycles. The van der Waals surface area contributed by atoms with Crippen molar-refractivity contribution in [2.24, 2.45) is 0 Å². The summed E-state index contributed by atoms with van der Waals surface area (Å²) in [7, 11) is 1.49. The second-order valence-electron chi connectivity index (χ2n) is 10.3. The van der Waals surface area contributed by atoms with Gasteiger partial charge in [-0.1, -0.05) is 48.5 Å². The first-order chi connectivity index (χ1) is 19.7. The Morgan fingerprint density at radius 1 is 1.02 bits per heavy atom. The van der Waals surface area contributed by atoms with Crippen LogP contribution >= 0.6 is 0 Å². The molecule has 1 fully saturated rings. The Balaban J connectivity index is 1.46. The fourth-order valence-electron chi connectivity index (χ4n) is 5.71. The van der Waals surface area contributed by atoms with Crippen molar-refractivity contribution in [3.8, 4) is 5.75 Å². The van der Waals surface area contributed by atoms with Gasteiger partial charge in [0.05, 0.1) is 18.7 Å². The predicted molar refractivity (Wildman–Crippen MR) is 146 cm³/mol. The Kier molecular flexibility index (Phi) is 8.21. The maximum atomic E-state index is 14.2. The summed E-state index contributed by atoms with van der Waals surface area (Å²) >= 11 is 0. The van der Waals surface area contributed by atoms with Gasteiger partial charge in [-0.05, 0) is 60.2 Å². The van der Waals surface area contributed by atoms with E-state index in [0.29, 0.717) is 30.7 Å². The zero-order chi connectivity index (χ0) is 29.1. The Labute approximate surface area is 236 Å². The molecule has 3 aromatic carbocycles. The number of amides is 2. The van der Waals surface area contributed by atoms with Gasteiger partial charge in [0.15, 0.2) is 0 Å². The number of carbonyl (C=O) groups excluding carboxylic acids is 2. The van der Waals surface area contributed by atoms with Crippen LogP contribution in [0.25, 0.3) is 0 Å². The summed E-state index contributed by atoms with van der Waals surface area (Å²) in [6.07, 6.45) is -5.83. The fourth-order valence-corrected chi connectivity index (χ4v) is 5.71. The SMILES string of the molecule is COc1ccc(C2Cc3c(cccc3C(F)(F)F)N(CC3CCCN3C(=O)OCc3ccccc3)C(=O)C2O)cc1. The lowest BCUT2D eigenvalue weighted by atomic mass is 9.86. The molecule has 2 amide bonds. The van der Waals surface area contributed by atoms with Crippen LogP contribution in [0.4, 0.5) is 23.7 Å². The van der Waals surface area contributed by atoms with Gasteiger partial charge in [-0.25, -0.2) is 4.79 Å². The average molecular weight is 569 g/mol. The molecule has 2 aliphatic rings. The van der Waals surface area contributed by atoms with E-state index in [1.54, 1.807) is 24.3 Å². The van der Waals surface area contributed by atoms with E-state index in [2.05, 4.69) is 0 Å². The number of aliphatic hydroxyl groups is 1. The van der Waals surface area contributed by atoms with Gasteiger partial charge in [-0.3, -0.25) is 4.79 Å². The molecule has 0 spiro atoms. The van der Waals surface area contributed by atoms with Crippen molar-refractivity contribution in [2.75, 3.05) is 25.1 Å². The first kappa shape index (κ1) is 28.5. The highest BCUT2D eigenvalue weighted by Gasteiger charge is 2.43. The van der Waals surface area contributed by atoms with Crippen LogP contribution in [0, 0.1) is 0 Å². The van der Waals surface area contributed by atoms with E-state index in [9.17, 15) is 27.9 Å². The maximum Gasteiger partial charge on any atom is 0.416 e. The second-order valence-corrected chi connectivity index (χ2v) is 10.3. The minimum atomic E-state index is -4.67. The molecule has 41 heavy (non-hydrogen) atoms. The summed E-state index contributed by atoms with van der Waals surface area (Å²) in [6.45, 7) is 0.401. The molecule has 2 aliphatic heterocycles. The highest BCUT2D eigenvalue weighted by Crippen LogP contribution is 2.42. The molecule has 0 radical (unpaired) electrons. The topological polar surface area (TPSA) is 79.3 Å². The molecule has 3 aromatic rings. The van der Waals surface area contributed by atoms with Crippen LogP contribution in [0.15, 0.2) is 72.8 Å². The van der Waals surface area contributed by atoms with Crippen LogP contribution < -0.4 is 9.64 Å². The van der Waals surface area contributed by atoms with Crippen LogP contribution in [0.3, 0.4) is 0 Å². The van der Waals surface area contributed by atoms with Crippen LogP contribution in [0.2, 0.25) is 0 Å². The van der Waals surface area contributed by atoms with Crippen LogP contribution in [-0.2, 0) is 28.7 Å². The number of hydrogen-bond acceptors (Lipinski definition) is 5. The first-order valence-corrected chi connectivity index (χ1v) is 13.5. The smallest absolute Gasteiger partial charge is 0.416 e. The Morgan fingerprint density at radius 3 is 2.44 bits per heavy atom. The minimum Gasteiger partial charge on any atom is -0.497 e. The number of benzene rings is 3. The van der Waals surface area contributed by atoms with E-state index < -0.39 is 41.8 Å². The molecule has 7 nitrogen and oxygen atoms in total. The molecular weight excluding hydrogens is 537 g/mol. The number of halogens is 3. The van der Waals surface area contributed by atoms with Crippen LogP contribution in [0.1, 0.15) is 41.0 Å². The third-order valence-electron chi connectivity index (χ3n) is 7.83. The number of aliphatic hydroxyl groups excluding tert-OH is 1. The van der Waals surface area contributed by atoms with Gasteiger partial charge < -0.3 is 24.4 Å². The van der Waals surface area contributed by atoms with Crippen LogP contribution in [-0.4, -0.2) is 54.4 Å². The molecule has 3 unspecified atom stereocenters. The molecule has 10 heteroatoms. The molecule has 5 rings (SSSR count). The van der Waals surface area contributed by atoms with Gasteiger partial charge in [0.1, 0.15) is 18.5 Å². The highest BCUT2D eigenvalue weighted by molar-refractivity contribution is 5.99. The van der Waals surface area contributed by atoms with Gasteiger partial charge in [-0.15, -0.1) is 0 Å². The van der Waals surface area contributed by atoms with E-state index in [1.165, 1.54) is 29.0 Å². The van der Waals surface area contributed by atoms with Crippen molar-refractivity contribution in [3.63, 3.8) is 0 Å². The summed E-state index contributed by atoms with van der Waals surface area (Å²) < 4.78 is 53.3. The summed E-state index contributed by atoms with van der Waals surface area (Å²) in [5, 5.41) is 11.3. The normalized spacial score (nSPS) is 20.9. The van der Waals surface area contributed by atoms with Crippen molar-refractivity contribution in [1.82, 2.24) is 4.90 Å². The molecule has 2 heterocycles. The number of likely N-dealkylation sites (tertiary alicyclic amines) is 1. The molecule has 0 aromatic heterocycles. The zero-order valence-corrected chi connectivity index (χ0v) is 22.5. The molecule has 0 bridgehead atoms. The molecule has 1 N–H and O–H groups in total. The van der Waals surface area contributed by atoms with E-state index in [1.807, 2.05) is 30.3 Å². The standard InChI is InChI=1S/C31H31F3N2O5/c1-40-23-14-12-21(13-15-23)24-17-25-26(31(32,33)34)10-5-11-27(25)36(29(38)28(24)37)18-22-9-6-16-35(22)30(39)41-19-20-7-3-2-4-8-20/h2-5,7-8,10-15,22,24,28,37H,6,9,16-19H2,1H3. The lowest BCUT2D eigenvalue weighted by molar-refractivity contribution is -0.138. The first-order valence-electron chi connectivity index (χ1n) is 13.5. The summed E-state index contributed by atoms with van der Waals surface area (Å²) in [5.74, 6) is -1.09. The number of methoxy groups -OCH3 is 1. The van der Waals surface area contributed by atoms with Crippen molar-refractivity contribution < 1.29 is 37.3 Å². The van der Waals surface area contributed by atoms with Gasteiger partial charge >= 0.3 is 12.3 Å². The zero-order valence-electron chi connectivity index (χ0n) is 22.5. The second kappa shape index (κ2) is 11.8. The van der Waals surface area contributed by atoms with Crippen molar-refractivity contribution in [1.29, 1.82) is 0 Å². The van der Waals surface area contributed by atoms with Crippen molar-refractivity contribution in [3.05, 3.63) is 95.1 Å². The van der Waals surface area contributed by atoms with E-state index in [0.717, 1.165) is 11.6 Å². The average Bonchev–Trinajstić information content (AvgIpc) is 3.41. The van der Waals surface area contributed by atoms with E-state index in [-0.39, 0.29) is 30.8 Å². The lowest BCUT2D eigenvalue weighted by Crippen LogP contribution is -2.48. The molecular formula is C31H31F3N2O5. The fraction of sp³-hybridized carbons (Fsp3) is 0.355. The Morgan fingerprint density at radius 2 is 1.76 bits per heavy atom. The quantitative estimate of drug-likeness (QED) is 0.422. The van der Waals surface area contributed by atoms with Gasteiger partial charge in [-0.2, -0.15) is 13.2 Å². The maximum absolute atomic E-state index is 14.2. The number of carbonyl (C=O) groups is 2. The monoisotopic (exact) mass is 568 g/mol. The molecule has 216 valence electrons. The van der Waals surface area contributed by atoms with E-state index >= 15 is 0 Å². The van der Waals surface area contributed by atoms with Gasteiger partial charge in [0, 0.05) is 24.7 Å². The number of fused-ring (bicyclic) bond motifs is 1. The number of anilines is 1. The van der Waals surface area contributed by atoms with Crippen LogP contribution in [0.5, 0.6) is 5.75 Å².